The second-order valence-corrected chi connectivity index (χ2v) is 3.68. The molecule has 70 valence electrons. The molecule has 13 heavy (non-hydrogen) atoms. The lowest BCUT2D eigenvalue weighted by atomic mass is 9.97. The average molecular weight is 176 g/mol. The van der Waals surface area contributed by atoms with Crippen molar-refractivity contribution >= 4 is 0 Å². The van der Waals surface area contributed by atoms with Crippen molar-refractivity contribution in [2.24, 2.45) is 0 Å². The molecular weight excluding hydrogens is 160 g/mol. The van der Waals surface area contributed by atoms with Gasteiger partial charge in [0.1, 0.15) is 6.33 Å². The molecule has 0 aliphatic heterocycles. The van der Waals surface area contributed by atoms with Gasteiger partial charge in [-0.25, -0.2) is 9.97 Å². The lowest BCUT2D eigenvalue weighted by Gasteiger charge is -2.10. The van der Waals surface area contributed by atoms with Gasteiger partial charge in [-0.15, -0.1) is 0 Å². The van der Waals surface area contributed by atoms with Gasteiger partial charge in [-0.1, -0.05) is 13.8 Å². The molecule has 0 fully saturated rings. The third-order valence-corrected chi connectivity index (χ3v) is 3.01. The van der Waals surface area contributed by atoms with Crippen LogP contribution in [-0.2, 0) is 12.8 Å². The van der Waals surface area contributed by atoms with E-state index in [1.165, 1.54) is 29.8 Å². The molecule has 0 N–H and O–H groups in total. The predicted molar refractivity (Wildman–Crippen MR) is 52.8 cm³/mol. The highest BCUT2D eigenvalue weighted by atomic mass is 14.9. The highest BCUT2D eigenvalue weighted by molar-refractivity contribution is 5.33. The Bertz CT molecular complexity index is 307. The molecule has 2 heteroatoms. The predicted octanol–water partition coefficient (Wildman–Crippen LogP) is 2.48. The van der Waals surface area contributed by atoms with Gasteiger partial charge in [0, 0.05) is 11.4 Å². The smallest absolute Gasteiger partial charge is 0.115 e. The van der Waals surface area contributed by atoms with Crippen LogP contribution in [0.4, 0.5) is 0 Å². The number of aromatic nitrogens is 2. The minimum atomic E-state index is 0.728. The highest BCUT2D eigenvalue weighted by Crippen LogP contribution is 2.35. The molecule has 2 nitrogen and oxygen atoms in total. The third-order valence-electron chi connectivity index (χ3n) is 3.01. The third kappa shape index (κ3) is 1.34. The van der Waals surface area contributed by atoms with Crippen LogP contribution in [0.25, 0.3) is 0 Å². The molecule has 0 saturated carbocycles. The summed E-state index contributed by atoms with van der Waals surface area (Å²) < 4.78 is 0. The van der Waals surface area contributed by atoms with Gasteiger partial charge in [0.2, 0.25) is 0 Å². The van der Waals surface area contributed by atoms with Crippen LogP contribution in [0.3, 0.4) is 0 Å². The quantitative estimate of drug-likeness (QED) is 0.691. The van der Waals surface area contributed by atoms with Crippen LogP contribution in [0.5, 0.6) is 0 Å². The summed E-state index contributed by atoms with van der Waals surface area (Å²) in [5.74, 6) is 0.728. The molecule has 1 aliphatic rings. The Morgan fingerprint density at radius 2 is 2.23 bits per heavy atom. The van der Waals surface area contributed by atoms with Crippen LogP contribution < -0.4 is 0 Å². The minimum Gasteiger partial charge on any atom is -0.241 e. The Morgan fingerprint density at radius 3 is 2.92 bits per heavy atom. The van der Waals surface area contributed by atoms with Crippen LogP contribution in [0.2, 0.25) is 0 Å². The zero-order valence-corrected chi connectivity index (χ0v) is 8.38. The summed E-state index contributed by atoms with van der Waals surface area (Å²) in [6, 6.07) is 0. The Hall–Kier alpha value is -0.920. The maximum Gasteiger partial charge on any atom is 0.115 e. The lowest BCUT2D eigenvalue weighted by molar-refractivity contribution is 0.648. The highest BCUT2D eigenvalue weighted by Gasteiger charge is 2.24. The number of hydrogen-bond acceptors (Lipinski definition) is 2. The molecule has 2 rings (SSSR count). The first-order valence-corrected chi connectivity index (χ1v) is 5.19. The lowest BCUT2D eigenvalue weighted by Crippen LogP contribution is -2.01. The van der Waals surface area contributed by atoms with E-state index in [9.17, 15) is 0 Å². The van der Waals surface area contributed by atoms with E-state index in [1.54, 1.807) is 6.33 Å². The van der Waals surface area contributed by atoms with Crippen LogP contribution >= 0.6 is 0 Å². The Labute approximate surface area is 79.4 Å². The fourth-order valence-electron chi connectivity index (χ4n) is 2.29. The summed E-state index contributed by atoms with van der Waals surface area (Å²) in [4.78, 5) is 8.71. The van der Waals surface area contributed by atoms with Crippen molar-refractivity contribution < 1.29 is 0 Å². The van der Waals surface area contributed by atoms with Crippen LogP contribution in [0, 0.1) is 0 Å². The van der Waals surface area contributed by atoms with Crippen molar-refractivity contribution in [1.29, 1.82) is 0 Å². The first kappa shape index (κ1) is 8.67. The number of nitrogens with zero attached hydrogens (tertiary/aromatic N) is 2. The van der Waals surface area contributed by atoms with Crippen molar-refractivity contribution in [2.45, 2.75) is 45.4 Å². The summed E-state index contributed by atoms with van der Waals surface area (Å²) in [6.45, 7) is 4.43. The zero-order valence-electron chi connectivity index (χ0n) is 8.38. The maximum atomic E-state index is 4.36. The van der Waals surface area contributed by atoms with Crippen molar-refractivity contribution in [2.75, 3.05) is 0 Å². The molecule has 0 unspecified atom stereocenters. The second kappa shape index (κ2) is 3.44. The average Bonchev–Trinajstić information content (AvgIpc) is 2.60. The van der Waals surface area contributed by atoms with Crippen molar-refractivity contribution in [3.8, 4) is 0 Å². The number of hydrogen-bond donors (Lipinski definition) is 0. The molecule has 1 aromatic heterocycles. The largest absolute Gasteiger partial charge is 0.241 e. The Kier molecular flexibility index (Phi) is 2.30. The van der Waals surface area contributed by atoms with Gasteiger partial charge in [0.15, 0.2) is 0 Å². The number of fused-ring (bicyclic) bond motifs is 1. The van der Waals surface area contributed by atoms with Gasteiger partial charge in [-0.2, -0.15) is 0 Å². The molecule has 0 aromatic carbocycles. The molecule has 1 atom stereocenters. The van der Waals surface area contributed by atoms with E-state index in [4.69, 9.17) is 0 Å². The van der Waals surface area contributed by atoms with Crippen molar-refractivity contribution in [3.63, 3.8) is 0 Å². The van der Waals surface area contributed by atoms with Gasteiger partial charge in [-0.05, 0) is 37.2 Å². The van der Waals surface area contributed by atoms with Crippen molar-refractivity contribution in [1.82, 2.24) is 9.97 Å². The SMILES string of the molecule is CCc1ncnc2c1[C@H](CC)CC2. The van der Waals surface area contributed by atoms with Gasteiger partial charge in [0.05, 0.1) is 0 Å². The molecule has 1 heterocycles. The second-order valence-electron chi connectivity index (χ2n) is 3.68. The van der Waals surface area contributed by atoms with Gasteiger partial charge >= 0.3 is 0 Å². The van der Waals surface area contributed by atoms with Gasteiger partial charge < -0.3 is 0 Å². The van der Waals surface area contributed by atoms with E-state index in [0.29, 0.717) is 0 Å². The summed E-state index contributed by atoms with van der Waals surface area (Å²) in [5, 5.41) is 0. The molecule has 1 aromatic rings. The minimum absolute atomic E-state index is 0.728. The summed E-state index contributed by atoms with van der Waals surface area (Å²) >= 11 is 0. The van der Waals surface area contributed by atoms with E-state index in [2.05, 4.69) is 23.8 Å². The Morgan fingerprint density at radius 1 is 1.38 bits per heavy atom. The monoisotopic (exact) mass is 176 g/mol. The summed E-state index contributed by atoms with van der Waals surface area (Å²) in [5.41, 5.74) is 4.04. The van der Waals surface area contributed by atoms with E-state index in [1.807, 2.05) is 0 Å². The number of aryl methyl sites for hydroxylation is 2. The zero-order chi connectivity index (χ0) is 9.26. The fraction of sp³-hybridized carbons (Fsp3) is 0.636. The van der Waals surface area contributed by atoms with Crippen molar-refractivity contribution in [3.05, 3.63) is 23.3 Å². The first-order valence-electron chi connectivity index (χ1n) is 5.19. The van der Waals surface area contributed by atoms with Gasteiger partial charge in [-0.3, -0.25) is 0 Å². The molecule has 1 aliphatic carbocycles. The van der Waals surface area contributed by atoms with Crippen LogP contribution in [0.15, 0.2) is 6.33 Å². The topological polar surface area (TPSA) is 25.8 Å². The molecular formula is C11H16N2. The standard InChI is InChI=1S/C11H16N2/c1-3-8-5-6-10-11(8)9(4-2)12-7-13-10/h7-8H,3-6H2,1-2H3/t8-/m1/s1. The van der Waals surface area contributed by atoms with E-state index in [-0.39, 0.29) is 0 Å². The van der Waals surface area contributed by atoms with E-state index < -0.39 is 0 Å². The van der Waals surface area contributed by atoms with Gasteiger partial charge in [0.25, 0.3) is 0 Å². The molecule has 0 radical (unpaired) electrons. The fourth-order valence-corrected chi connectivity index (χ4v) is 2.29. The van der Waals surface area contributed by atoms with Crippen LogP contribution in [0.1, 0.15) is 49.6 Å². The maximum absolute atomic E-state index is 4.36. The van der Waals surface area contributed by atoms with Crippen LogP contribution in [-0.4, -0.2) is 9.97 Å². The number of rotatable bonds is 2. The Balaban J connectivity index is 2.46. The molecule has 0 saturated heterocycles. The van der Waals surface area contributed by atoms with E-state index in [0.717, 1.165) is 18.8 Å². The molecule has 0 bridgehead atoms. The molecule has 0 spiro atoms. The summed E-state index contributed by atoms with van der Waals surface area (Å²) in [7, 11) is 0. The first-order chi connectivity index (χ1) is 6.36. The molecule has 0 amide bonds. The summed E-state index contributed by atoms with van der Waals surface area (Å²) in [6.07, 6.45) is 6.42. The van der Waals surface area contributed by atoms with E-state index >= 15 is 0 Å². The normalized spacial score (nSPS) is 20.3.